The molecule has 1 aliphatic rings. The molecular weight excluding hydrogens is 206 g/mol. The Bertz CT molecular complexity index is 312. The summed E-state index contributed by atoms with van der Waals surface area (Å²) < 4.78 is 0.798. The van der Waals surface area contributed by atoms with Crippen molar-refractivity contribution >= 4 is 29.2 Å². The number of hydrogen-bond acceptors (Lipinski definition) is 3. The number of aldehydes is 1. The molecule has 1 aromatic heterocycles. The van der Waals surface area contributed by atoms with Gasteiger partial charge in [-0.05, 0) is 12.1 Å². The summed E-state index contributed by atoms with van der Waals surface area (Å²) in [4.78, 5) is 11.9. The number of thiophene rings is 1. The van der Waals surface area contributed by atoms with E-state index in [1.807, 2.05) is 12.1 Å². The molecule has 2 heterocycles. The number of hydrogen-bond donors (Lipinski definition) is 1. The van der Waals surface area contributed by atoms with Gasteiger partial charge in [0.25, 0.3) is 0 Å². The first-order valence-electron chi connectivity index (χ1n) is 4.22. The molecule has 1 aromatic rings. The molecule has 2 rings (SSSR count). The van der Waals surface area contributed by atoms with E-state index in [2.05, 4.69) is 5.32 Å². The molecule has 0 radical (unpaired) electrons. The third kappa shape index (κ3) is 1.77. The molecule has 0 aliphatic carbocycles. The van der Waals surface area contributed by atoms with Crippen LogP contribution in [-0.4, -0.2) is 19.4 Å². The van der Waals surface area contributed by atoms with Gasteiger partial charge in [-0.25, -0.2) is 0 Å². The van der Waals surface area contributed by atoms with E-state index in [9.17, 15) is 4.79 Å². The van der Waals surface area contributed by atoms with E-state index in [1.165, 1.54) is 4.88 Å². The highest BCUT2D eigenvalue weighted by Gasteiger charge is 2.28. The van der Waals surface area contributed by atoms with Crippen molar-refractivity contribution in [1.29, 1.82) is 0 Å². The maximum Gasteiger partial charge on any atom is 0.125 e. The number of halogens is 1. The molecule has 0 saturated carbocycles. The summed E-state index contributed by atoms with van der Waals surface area (Å²) in [5.74, 6) is 0.449. The second-order valence-electron chi connectivity index (χ2n) is 3.21. The van der Waals surface area contributed by atoms with Crippen molar-refractivity contribution in [3.05, 3.63) is 21.3 Å². The molecule has 2 atom stereocenters. The molecule has 2 unspecified atom stereocenters. The van der Waals surface area contributed by atoms with E-state index in [1.54, 1.807) is 11.3 Å². The Morgan fingerprint density at radius 1 is 1.54 bits per heavy atom. The predicted molar refractivity (Wildman–Crippen MR) is 54.5 cm³/mol. The van der Waals surface area contributed by atoms with E-state index < -0.39 is 0 Å². The van der Waals surface area contributed by atoms with Gasteiger partial charge in [-0.3, -0.25) is 0 Å². The number of carbonyl (C=O) groups excluding carboxylic acids is 1. The maximum absolute atomic E-state index is 10.7. The Kier molecular flexibility index (Phi) is 2.67. The lowest BCUT2D eigenvalue weighted by atomic mass is 9.96. The van der Waals surface area contributed by atoms with Gasteiger partial charge < -0.3 is 10.1 Å². The van der Waals surface area contributed by atoms with Crippen LogP contribution in [0.4, 0.5) is 0 Å². The fourth-order valence-corrected chi connectivity index (χ4v) is 2.92. The molecule has 2 nitrogen and oxygen atoms in total. The summed E-state index contributed by atoms with van der Waals surface area (Å²) in [5, 5.41) is 3.21. The minimum Gasteiger partial charge on any atom is -0.315 e. The maximum atomic E-state index is 10.7. The first-order chi connectivity index (χ1) is 6.31. The lowest BCUT2D eigenvalue weighted by molar-refractivity contribution is -0.110. The average Bonchev–Trinajstić information content (AvgIpc) is 2.71. The molecular formula is C9H10ClNOS. The Balaban J connectivity index is 2.20. The minimum atomic E-state index is 0.120. The first kappa shape index (κ1) is 9.19. The Hall–Kier alpha value is -0.380. The highest BCUT2D eigenvalue weighted by Crippen LogP contribution is 2.33. The third-order valence-electron chi connectivity index (χ3n) is 2.40. The molecule has 1 N–H and O–H groups in total. The van der Waals surface area contributed by atoms with E-state index in [0.717, 1.165) is 23.7 Å². The standard InChI is InChI=1S/C9H10ClNOS/c10-9-2-1-8(13-9)7-4-11-3-6(7)5-12/h1-2,5-7,11H,3-4H2. The van der Waals surface area contributed by atoms with Crippen LogP contribution in [0.3, 0.4) is 0 Å². The first-order valence-corrected chi connectivity index (χ1v) is 5.42. The molecule has 13 heavy (non-hydrogen) atoms. The zero-order valence-electron chi connectivity index (χ0n) is 7.00. The topological polar surface area (TPSA) is 29.1 Å². The van der Waals surface area contributed by atoms with Crippen LogP contribution in [0.2, 0.25) is 4.34 Å². The number of carbonyl (C=O) groups is 1. The normalized spacial score (nSPS) is 27.8. The van der Waals surface area contributed by atoms with Crippen molar-refractivity contribution in [3.8, 4) is 0 Å². The van der Waals surface area contributed by atoms with Crippen LogP contribution in [0.5, 0.6) is 0 Å². The largest absolute Gasteiger partial charge is 0.315 e. The van der Waals surface area contributed by atoms with Gasteiger partial charge in [-0.1, -0.05) is 11.6 Å². The predicted octanol–water partition coefficient (Wildman–Crippen LogP) is 1.90. The summed E-state index contributed by atoms with van der Waals surface area (Å²) in [6.07, 6.45) is 1.04. The zero-order chi connectivity index (χ0) is 9.26. The lowest BCUT2D eigenvalue weighted by Gasteiger charge is -2.09. The summed E-state index contributed by atoms with van der Waals surface area (Å²) in [7, 11) is 0. The highest BCUT2D eigenvalue weighted by molar-refractivity contribution is 7.16. The van der Waals surface area contributed by atoms with Gasteiger partial charge in [0.1, 0.15) is 6.29 Å². The van der Waals surface area contributed by atoms with Gasteiger partial charge in [-0.15, -0.1) is 11.3 Å². The molecule has 70 valence electrons. The molecule has 0 bridgehead atoms. The van der Waals surface area contributed by atoms with E-state index >= 15 is 0 Å². The second-order valence-corrected chi connectivity index (χ2v) is 4.95. The Morgan fingerprint density at radius 3 is 3.00 bits per heavy atom. The molecule has 0 aromatic carbocycles. The molecule has 0 spiro atoms. The molecule has 1 fully saturated rings. The van der Waals surface area contributed by atoms with E-state index in [0.29, 0.717) is 5.92 Å². The second kappa shape index (κ2) is 3.78. The van der Waals surface area contributed by atoms with Crippen LogP contribution in [0.25, 0.3) is 0 Å². The fraction of sp³-hybridized carbons (Fsp3) is 0.444. The van der Waals surface area contributed by atoms with Gasteiger partial charge in [0, 0.05) is 29.8 Å². The molecule has 1 saturated heterocycles. The van der Waals surface area contributed by atoms with Crippen molar-refractivity contribution in [3.63, 3.8) is 0 Å². The Morgan fingerprint density at radius 2 is 2.38 bits per heavy atom. The number of nitrogens with one attached hydrogen (secondary N) is 1. The van der Waals surface area contributed by atoms with E-state index in [4.69, 9.17) is 11.6 Å². The molecule has 1 aliphatic heterocycles. The fourth-order valence-electron chi connectivity index (χ4n) is 1.68. The minimum absolute atomic E-state index is 0.120. The van der Waals surface area contributed by atoms with Gasteiger partial charge in [0.15, 0.2) is 0 Å². The SMILES string of the molecule is O=CC1CNCC1c1ccc(Cl)s1. The van der Waals surface area contributed by atoms with Gasteiger partial charge in [-0.2, -0.15) is 0 Å². The molecule has 4 heteroatoms. The summed E-state index contributed by atoms with van der Waals surface area (Å²) in [6, 6.07) is 3.91. The van der Waals surface area contributed by atoms with Crippen molar-refractivity contribution in [1.82, 2.24) is 5.32 Å². The van der Waals surface area contributed by atoms with Crippen LogP contribution in [0.1, 0.15) is 10.8 Å². The smallest absolute Gasteiger partial charge is 0.125 e. The van der Waals surface area contributed by atoms with Crippen molar-refractivity contribution < 1.29 is 4.79 Å². The van der Waals surface area contributed by atoms with Crippen LogP contribution >= 0.6 is 22.9 Å². The van der Waals surface area contributed by atoms with Crippen LogP contribution < -0.4 is 5.32 Å². The van der Waals surface area contributed by atoms with Gasteiger partial charge >= 0.3 is 0 Å². The average molecular weight is 216 g/mol. The van der Waals surface area contributed by atoms with E-state index in [-0.39, 0.29) is 5.92 Å². The summed E-state index contributed by atoms with van der Waals surface area (Å²) >= 11 is 7.41. The van der Waals surface area contributed by atoms with Crippen LogP contribution in [0.15, 0.2) is 12.1 Å². The Labute approximate surface area is 85.9 Å². The molecule has 0 amide bonds. The zero-order valence-corrected chi connectivity index (χ0v) is 8.57. The number of rotatable bonds is 2. The summed E-state index contributed by atoms with van der Waals surface area (Å²) in [5.41, 5.74) is 0. The van der Waals surface area contributed by atoms with Crippen molar-refractivity contribution in [2.45, 2.75) is 5.92 Å². The highest BCUT2D eigenvalue weighted by atomic mass is 35.5. The van der Waals surface area contributed by atoms with Crippen LogP contribution in [0, 0.1) is 5.92 Å². The van der Waals surface area contributed by atoms with Crippen molar-refractivity contribution in [2.24, 2.45) is 5.92 Å². The summed E-state index contributed by atoms with van der Waals surface area (Å²) in [6.45, 7) is 1.68. The lowest BCUT2D eigenvalue weighted by Crippen LogP contribution is -2.10. The van der Waals surface area contributed by atoms with Crippen LogP contribution in [-0.2, 0) is 4.79 Å². The van der Waals surface area contributed by atoms with Gasteiger partial charge in [0.05, 0.1) is 4.34 Å². The monoisotopic (exact) mass is 215 g/mol. The third-order valence-corrected chi connectivity index (χ3v) is 3.76. The van der Waals surface area contributed by atoms with Crippen molar-refractivity contribution in [2.75, 3.05) is 13.1 Å². The quantitative estimate of drug-likeness (QED) is 0.764. The van der Waals surface area contributed by atoms with Gasteiger partial charge in [0.2, 0.25) is 0 Å².